The zero-order chi connectivity index (χ0) is 18.8. The van der Waals surface area contributed by atoms with Gasteiger partial charge < -0.3 is 9.42 Å². The first-order valence-corrected chi connectivity index (χ1v) is 9.40. The molecule has 27 heavy (non-hydrogen) atoms. The zero-order valence-corrected chi connectivity index (χ0v) is 16.1. The maximum absolute atomic E-state index is 5.28. The number of hydrogen-bond donors (Lipinski definition) is 0. The molecule has 0 unspecified atom stereocenters. The van der Waals surface area contributed by atoms with Gasteiger partial charge in [-0.05, 0) is 32.9 Å². The molecule has 1 aliphatic rings. The van der Waals surface area contributed by atoms with E-state index in [1.54, 1.807) is 0 Å². The summed E-state index contributed by atoms with van der Waals surface area (Å²) in [6, 6.07) is 12.5. The van der Waals surface area contributed by atoms with Gasteiger partial charge >= 0.3 is 0 Å². The summed E-state index contributed by atoms with van der Waals surface area (Å²) in [6.45, 7) is 10.8. The summed E-state index contributed by atoms with van der Waals surface area (Å²) in [6.07, 6.45) is 0. The van der Waals surface area contributed by atoms with E-state index in [4.69, 9.17) is 4.52 Å². The number of hydrogen-bond acceptors (Lipinski definition) is 6. The monoisotopic (exact) mass is 363 g/mol. The Balaban J connectivity index is 1.37. The molecule has 0 radical (unpaired) electrons. The maximum Gasteiger partial charge on any atom is 0.151 e. The van der Waals surface area contributed by atoms with Gasteiger partial charge in [0, 0.05) is 43.9 Å². The van der Waals surface area contributed by atoms with Crippen LogP contribution in [0.15, 0.2) is 40.9 Å². The highest BCUT2D eigenvalue weighted by atomic mass is 16.5. The molecule has 0 bridgehead atoms. The molecular weight excluding hydrogens is 338 g/mol. The first-order valence-electron chi connectivity index (χ1n) is 9.40. The van der Waals surface area contributed by atoms with Crippen LogP contribution in [-0.4, -0.2) is 46.4 Å². The highest BCUT2D eigenvalue weighted by Gasteiger charge is 2.21. The highest BCUT2D eigenvalue weighted by Crippen LogP contribution is 2.21. The molecule has 6 heteroatoms. The van der Waals surface area contributed by atoms with Crippen molar-refractivity contribution in [3.63, 3.8) is 0 Å². The Labute approximate surface area is 159 Å². The van der Waals surface area contributed by atoms with Gasteiger partial charge in [0.25, 0.3) is 0 Å². The van der Waals surface area contributed by atoms with Crippen LogP contribution < -0.4 is 4.90 Å². The van der Waals surface area contributed by atoms with Crippen molar-refractivity contribution in [3.05, 3.63) is 59.0 Å². The summed E-state index contributed by atoms with van der Waals surface area (Å²) in [5.74, 6) is 1.87. The van der Waals surface area contributed by atoms with Crippen LogP contribution in [-0.2, 0) is 6.54 Å². The van der Waals surface area contributed by atoms with Crippen molar-refractivity contribution < 1.29 is 4.52 Å². The minimum Gasteiger partial charge on any atom is -0.361 e. The Morgan fingerprint density at radius 2 is 1.63 bits per heavy atom. The molecule has 1 saturated heterocycles. The van der Waals surface area contributed by atoms with Gasteiger partial charge in [-0.1, -0.05) is 35.0 Å². The largest absolute Gasteiger partial charge is 0.361 e. The van der Waals surface area contributed by atoms with Crippen LogP contribution >= 0.6 is 0 Å². The Hall–Kier alpha value is -2.73. The molecule has 140 valence electrons. The van der Waals surface area contributed by atoms with E-state index in [1.165, 1.54) is 11.1 Å². The van der Waals surface area contributed by atoms with Gasteiger partial charge in [0.1, 0.15) is 5.76 Å². The van der Waals surface area contributed by atoms with Gasteiger partial charge in [-0.3, -0.25) is 4.90 Å². The van der Waals surface area contributed by atoms with E-state index in [9.17, 15) is 0 Å². The van der Waals surface area contributed by atoms with Crippen molar-refractivity contribution in [1.82, 2.24) is 20.3 Å². The van der Waals surface area contributed by atoms with Gasteiger partial charge in [-0.15, -0.1) is 10.2 Å². The lowest BCUT2D eigenvalue weighted by Gasteiger charge is -2.35. The molecule has 1 aliphatic heterocycles. The molecule has 6 nitrogen and oxygen atoms in total. The highest BCUT2D eigenvalue weighted by molar-refractivity contribution is 5.60. The lowest BCUT2D eigenvalue weighted by molar-refractivity contribution is 0.247. The molecule has 1 fully saturated rings. The van der Waals surface area contributed by atoms with Crippen LogP contribution in [0.2, 0.25) is 0 Å². The van der Waals surface area contributed by atoms with E-state index >= 15 is 0 Å². The summed E-state index contributed by atoms with van der Waals surface area (Å²) in [4.78, 5) is 4.74. The molecule has 0 aliphatic carbocycles. The molecule has 1 aromatic carbocycles. The van der Waals surface area contributed by atoms with Crippen molar-refractivity contribution in [2.24, 2.45) is 0 Å². The third kappa shape index (κ3) is 3.85. The van der Waals surface area contributed by atoms with Gasteiger partial charge in [0.2, 0.25) is 0 Å². The van der Waals surface area contributed by atoms with E-state index in [2.05, 4.69) is 68.5 Å². The number of anilines is 1. The molecule has 3 aromatic rings. The van der Waals surface area contributed by atoms with E-state index in [1.807, 2.05) is 13.8 Å². The molecule has 0 amide bonds. The first-order chi connectivity index (χ1) is 13.1. The lowest BCUT2D eigenvalue weighted by Crippen LogP contribution is -2.46. The predicted molar refractivity (Wildman–Crippen MR) is 106 cm³/mol. The number of aryl methyl sites for hydroxylation is 3. The number of nitrogens with zero attached hydrogens (tertiary/aromatic N) is 5. The Kier molecular flexibility index (Phi) is 4.90. The standard InChI is InChI=1S/C21H25N5O/c1-15-4-6-18(7-5-15)20-8-9-21(23-22-20)26-12-10-25(11-13-26)14-19-16(2)24-27-17(19)3/h4-9H,10-14H2,1-3H3. The molecule has 2 aromatic heterocycles. The number of aromatic nitrogens is 3. The second kappa shape index (κ2) is 7.48. The van der Waals surface area contributed by atoms with Crippen molar-refractivity contribution in [3.8, 4) is 11.3 Å². The minimum absolute atomic E-state index is 0.896. The number of piperazine rings is 1. The zero-order valence-electron chi connectivity index (χ0n) is 16.1. The molecule has 0 N–H and O–H groups in total. The Morgan fingerprint density at radius 1 is 0.889 bits per heavy atom. The summed E-state index contributed by atoms with van der Waals surface area (Å²) >= 11 is 0. The smallest absolute Gasteiger partial charge is 0.151 e. The van der Waals surface area contributed by atoms with Crippen LogP contribution in [0.3, 0.4) is 0 Å². The van der Waals surface area contributed by atoms with Gasteiger partial charge in [-0.2, -0.15) is 0 Å². The maximum atomic E-state index is 5.28. The summed E-state index contributed by atoms with van der Waals surface area (Å²) < 4.78 is 5.28. The quantitative estimate of drug-likeness (QED) is 0.708. The normalized spacial score (nSPS) is 15.3. The molecule has 0 saturated carbocycles. The Morgan fingerprint density at radius 3 is 2.22 bits per heavy atom. The van der Waals surface area contributed by atoms with Gasteiger partial charge in [-0.25, -0.2) is 0 Å². The van der Waals surface area contributed by atoms with Crippen LogP contribution in [0.5, 0.6) is 0 Å². The van der Waals surface area contributed by atoms with Crippen LogP contribution in [0.1, 0.15) is 22.6 Å². The number of benzene rings is 1. The third-order valence-corrected chi connectivity index (χ3v) is 5.26. The molecule has 4 rings (SSSR count). The van der Waals surface area contributed by atoms with Crippen molar-refractivity contribution in [1.29, 1.82) is 0 Å². The van der Waals surface area contributed by atoms with Crippen LogP contribution in [0, 0.1) is 20.8 Å². The lowest BCUT2D eigenvalue weighted by atomic mass is 10.1. The first kappa shape index (κ1) is 17.7. The Bertz CT molecular complexity index is 874. The molecule has 0 spiro atoms. The fourth-order valence-electron chi connectivity index (χ4n) is 3.46. The fraction of sp³-hybridized carbons (Fsp3) is 0.381. The second-order valence-corrected chi connectivity index (χ2v) is 7.21. The molecule has 0 atom stereocenters. The summed E-state index contributed by atoms with van der Waals surface area (Å²) in [5.41, 5.74) is 5.47. The van der Waals surface area contributed by atoms with E-state index in [0.717, 1.165) is 61.3 Å². The van der Waals surface area contributed by atoms with E-state index < -0.39 is 0 Å². The minimum atomic E-state index is 0.896. The van der Waals surface area contributed by atoms with E-state index in [-0.39, 0.29) is 0 Å². The fourth-order valence-corrected chi connectivity index (χ4v) is 3.46. The molecule has 3 heterocycles. The van der Waals surface area contributed by atoms with Crippen molar-refractivity contribution >= 4 is 5.82 Å². The third-order valence-electron chi connectivity index (χ3n) is 5.26. The average molecular weight is 363 g/mol. The summed E-state index contributed by atoms with van der Waals surface area (Å²) in [5, 5.41) is 12.9. The number of rotatable bonds is 4. The molecular formula is C21H25N5O. The second-order valence-electron chi connectivity index (χ2n) is 7.21. The van der Waals surface area contributed by atoms with Crippen LogP contribution in [0.25, 0.3) is 11.3 Å². The SMILES string of the molecule is Cc1ccc(-c2ccc(N3CCN(Cc4c(C)noc4C)CC3)nn2)cc1. The average Bonchev–Trinajstić information content (AvgIpc) is 3.01. The van der Waals surface area contributed by atoms with Gasteiger partial charge in [0.15, 0.2) is 5.82 Å². The summed E-state index contributed by atoms with van der Waals surface area (Å²) in [7, 11) is 0. The van der Waals surface area contributed by atoms with Crippen molar-refractivity contribution in [2.45, 2.75) is 27.3 Å². The predicted octanol–water partition coefficient (Wildman–Crippen LogP) is 3.38. The van der Waals surface area contributed by atoms with Crippen LogP contribution in [0.4, 0.5) is 5.82 Å². The van der Waals surface area contributed by atoms with Gasteiger partial charge in [0.05, 0.1) is 11.4 Å². The van der Waals surface area contributed by atoms with E-state index in [0.29, 0.717) is 0 Å². The topological polar surface area (TPSA) is 58.3 Å². The van der Waals surface area contributed by atoms with Crippen molar-refractivity contribution in [2.75, 3.05) is 31.1 Å².